The van der Waals surface area contributed by atoms with E-state index in [0.29, 0.717) is 23.4 Å². The largest absolute Gasteiger partial charge is 0.598 e. The molecule has 2 heterocycles. The third-order valence-electron chi connectivity index (χ3n) is 5.25. The van der Waals surface area contributed by atoms with Crippen LogP contribution in [0.1, 0.15) is 48.6 Å². The van der Waals surface area contributed by atoms with Crippen LogP contribution < -0.4 is 10.5 Å². The number of fused-ring (bicyclic) bond motifs is 1. The smallest absolute Gasteiger partial charge is 0.267 e. The minimum absolute atomic E-state index is 0.193. The number of primary amides is 1. The molecule has 0 aliphatic heterocycles. The number of carbonyl (C=O) groups excluding carboxylic acids is 1. The van der Waals surface area contributed by atoms with Gasteiger partial charge in [0.15, 0.2) is 5.58 Å². The zero-order valence-corrected chi connectivity index (χ0v) is 19.6. The molecule has 0 fully saturated rings. The lowest BCUT2D eigenvalue weighted by molar-refractivity contribution is 0.0995. The van der Waals surface area contributed by atoms with E-state index in [0.717, 1.165) is 16.5 Å². The molecular weight excluding hydrogens is 436 g/mol. The molecule has 0 bridgehead atoms. The minimum Gasteiger partial charge on any atom is -0.598 e. The molecule has 7 nitrogen and oxygen atoms in total. The molecule has 3 N–H and O–H groups in total. The Bertz CT molecular complexity index is 1280. The van der Waals surface area contributed by atoms with Gasteiger partial charge in [-0.2, -0.15) is 0 Å². The van der Waals surface area contributed by atoms with Crippen molar-refractivity contribution in [3.05, 3.63) is 83.7 Å². The highest BCUT2D eigenvalue weighted by Crippen LogP contribution is 2.34. The number of amides is 1. The van der Waals surface area contributed by atoms with Gasteiger partial charge in [0.05, 0.1) is 6.04 Å². The van der Waals surface area contributed by atoms with Gasteiger partial charge in [0.25, 0.3) is 5.91 Å². The number of carbonyl (C=O) groups is 1. The van der Waals surface area contributed by atoms with Gasteiger partial charge in [-0.25, -0.2) is 4.98 Å². The van der Waals surface area contributed by atoms with E-state index in [4.69, 9.17) is 10.3 Å². The summed E-state index contributed by atoms with van der Waals surface area (Å²) in [4.78, 5) is 16.0. The molecule has 0 aliphatic carbocycles. The predicted octanol–water partition coefficient (Wildman–Crippen LogP) is 4.32. The first-order valence-corrected chi connectivity index (χ1v) is 11.8. The number of pyridine rings is 1. The summed E-state index contributed by atoms with van der Waals surface area (Å²) < 4.78 is 21.4. The van der Waals surface area contributed by atoms with Crippen LogP contribution in [0.25, 0.3) is 22.2 Å². The van der Waals surface area contributed by atoms with E-state index >= 15 is 0 Å². The van der Waals surface area contributed by atoms with Gasteiger partial charge in [-0.05, 0) is 50.6 Å². The summed E-state index contributed by atoms with van der Waals surface area (Å²) >= 11 is -1.35. The Kier molecular flexibility index (Phi) is 6.51. The summed E-state index contributed by atoms with van der Waals surface area (Å²) in [6, 6.07) is 20.3. The monoisotopic (exact) mass is 462 g/mol. The average Bonchev–Trinajstić information content (AvgIpc) is 3.22. The first-order chi connectivity index (χ1) is 15.7. The lowest BCUT2D eigenvalue weighted by Gasteiger charge is -2.29. The summed E-state index contributed by atoms with van der Waals surface area (Å²) in [5.41, 5.74) is 9.46. The van der Waals surface area contributed by atoms with Crippen molar-refractivity contribution in [2.24, 2.45) is 5.73 Å². The van der Waals surface area contributed by atoms with Gasteiger partial charge >= 0.3 is 0 Å². The number of nitrogens with zero attached hydrogens (tertiary/aromatic N) is 2. The van der Waals surface area contributed by atoms with Gasteiger partial charge < -0.3 is 14.8 Å². The van der Waals surface area contributed by atoms with Gasteiger partial charge in [0.1, 0.15) is 16.1 Å². The zero-order chi connectivity index (χ0) is 23.6. The molecule has 1 amide bonds. The number of para-hydroxylation sites is 1. The van der Waals surface area contributed by atoms with Crippen molar-refractivity contribution in [1.29, 1.82) is 0 Å². The van der Waals surface area contributed by atoms with Crippen LogP contribution in [0, 0.1) is 0 Å². The third kappa shape index (κ3) is 5.08. The highest BCUT2D eigenvalue weighted by Gasteiger charge is 2.31. The molecule has 0 aliphatic rings. The lowest BCUT2D eigenvalue weighted by Crippen LogP contribution is -2.42. The van der Waals surface area contributed by atoms with Crippen LogP contribution in [0.5, 0.6) is 0 Å². The average molecular weight is 463 g/mol. The molecule has 2 atom stereocenters. The minimum atomic E-state index is -1.35. The van der Waals surface area contributed by atoms with Gasteiger partial charge in [0, 0.05) is 34.4 Å². The fraction of sp³-hybridized carbons (Fsp3) is 0.240. The Labute approximate surface area is 195 Å². The second-order valence-electron chi connectivity index (χ2n) is 8.75. The Morgan fingerprint density at radius 1 is 1.09 bits per heavy atom. The molecule has 2 aromatic heterocycles. The Morgan fingerprint density at radius 2 is 1.82 bits per heavy atom. The zero-order valence-electron chi connectivity index (χ0n) is 18.7. The van der Waals surface area contributed by atoms with Crippen LogP contribution >= 0.6 is 0 Å². The fourth-order valence-electron chi connectivity index (χ4n) is 3.56. The van der Waals surface area contributed by atoms with Crippen molar-refractivity contribution in [3.8, 4) is 11.3 Å². The summed E-state index contributed by atoms with van der Waals surface area (Å²) in [5, 5.41) is 5.22. The molecule has 4 rings (SSSR count). The number of hydrogen-bond donors (Lipinski definition) is 2. The van der Waals surface area contributed by atoms with Crippen molar-refractivity contribution in [3.63, 3.8) is 0 Å². The number of nitrogens with two attached hydrogens (primary N) is 1. The van der Waals surface area contributed by atoms with Crippen LogP contribution in [-0.2, 0) is 17.8 Å². The third-order valence-corrected chi connectivity index (χ3v) is 6.86. The number of hydrogen-bond acceptors (Lipinski definition) is 6. The maximum Gasteiger partial charge on any atom is 0.267 e. The molecule has 0 saturated carbocycles. The van der Waals surface area contributed by atoms with E-state index in [2.05, 4.69) is 14.9 Å². The maximum atomic E-state index is 13.1. The highest BCUT2D eigenvalue weighted by atomic mass is 32.2. The van der Waals surface area contributed by atoms with E-state index in [1.165, 1.54) is 0 Å². The molecule has 33 heavy (non-hydrogen) atoms. The van der Waals surface area contributed by atoms with Gasteiger partial charge in [-0.15, -0.1) is 4.72 Å². The molecule has 2 aromatic carbocycles. The summed E-state index contributed by atoms with van der Waals surface area (Å²) in [5.74, 6) is -0.589. The quantitative estimate of drug-likeness (QED) is 0.395. The SMILES string of the molecule is CC(C)(C)[S+]([O-])NC(Cc1cccc(C(N)=O)n1)c1ccccc1-c1noc2ccccc12. The summed E-state index contributed by atoms with van der Waals surface area (Å²) in [6.07, 6.45) is 0.399. The second kappa shape index (κ2) is 9.35. The number of benzene rings is 2. The van der Waals surface area contributed by atoms with Crippen molar-refractivity contribution in [1.82, 2.24) is 14.9 Å². The maximum absolute atomic E-state index is 13.1. The number of aromatic nitrogens is 2. The van der Waals surface area contributed by atoms with Crippen LogP contribution in [0.4, 0.5) is 0 Å². The highest BCUT2D eigenvalue weighted by molar-refractivity contribution is 7.90. The lowest BCUT2D eigenvalue weighted by atomic mass is 9.94. The van der Waals surface area contributed by atoms with Gasteiger partial charge in [-0.1, -0.05) is 47.6 Å². The fourth-order valence-corrected chi connectivity index (χ4v) is 4.38. The molecular formula is C25H26N4O3S. The van der Waals surface area contributed by atoms with Crippen molar-refractivity contribution in [2.75, 3.05) is 0 Å². The predicted molar refractivity (Wildman–Crippen MR) is 130 cm³/mol. The van der Waals surface area contributed by atoms with Crippen molar-refractivity contribution >= 4 is 28.2 Å². The number of rotatable bonds is 7. The van der Waals surface area contributed by atoms with Crippen molar-refractivity contribution < 1.29 is 13.9 Å². The van der Waals surface area contributed by atoms with E-state index in [9.17, 15) is 9.35 Å². The summed E-state index contributed by atoms with van der Waals surface area (Å²) in [7, 11) is 0. The topological polar surface area (TPSA) is 117 Å². The normalized spacial score (nSPS) is 13.7. The Hall–Kier alpha value is -3.20. The van der Waals surface area contributed by atoms with E-state index in [1.54, 1.807) is 12.1 Å². The molecule has 2 unspecified atom stereocenters. The first-order valence-electron chi connectivity index (χ1n) is 10.6. The Balaban J connectivity index is 1.79. The van der Waals surface area contributed by atoms with Crippen LogP contribution in [0.3, 0.4) is 0 Å². The van der Waals surface area contributed by atoms with Crippen LogP contribution in [-0.4, -0.2) is 25.3 Å². The second-order valence-corrected chi connectivity index (χ2v) is 10.7. The molecule has 4 aromatic rings. The van der Waals surface area contributed by atoms with Crippen LogP contribution in [0.15, 0.2) is 71.3 Å². The molecule has 8 heteroatoms. The standard InChI is InChI=1S/C25H26N4O3S/c1-25(2,3)33(31)29-21(15-16-9-8-13-20(27-16)24(26)30)17-10-4-5-11-18(17)23-19-12-6-7-14-22(19)32-28-23/h4-14,21,29H,15H2,1-3H3,(H2,26,30). The van der Waals surface area contributed by atoms with Gasteiger partial charge in [0.2, 0.25) is 0 Å². The first kappa shape index (κ1) is 23.0. The van der Waals surface area contributed by atoms with Crippen LogP contribution in [0.2, 0.25) is 0 Å². The van der Waals surface area contributed by atoms with Crippen molar-refractivity contribution in [2.45, 2.75) is 38.0 Å². The van der Waals surface area contributed by atoms with E-state index in [1.807, 2.05) is 75.4 Å². The molecule has 0 radical (unpaired) electrons. The van der Waals surface area contributed by atoms with E-state index < -0.39 is 22.0 Å². The molecule has 0 spiro atoms. The number of nitrogens with one attached hydrogen (secondary N) is 1. The van der Waals surface area contributed by atoms with E-state index in [-0.39, 0.29) is 11.7 Å². The molecule has 170 valence electrons. The summed E-state index contributed by atoms with van der Waals surface area (Å²) in [6.45, 7) is 5.74. The Morgan fingerprint density at radius 3 is 2.58 bits per heavy atom. The van der Waals surface area contributed by atoms with Gasteiger partial charge in [-0.3, -0.25) is 4.79 Å². The molecule has 0 saturated heterocycles.